The fraction of sp³-hybridized carbons (Fsp3) is 0.100. The Morgan fingerprint density at radius 2 is 1.73 bits per heavy atom. The molecule has 7 rings (SSSR count). The van der Waals surface area contributed by atoms with Crippen molar-refractivity contribution in [2.75, 3.05) is 16.8 Å². The molecule has 10 heteroatoms. The molecule has 0 bridgehead atoms. The first-order valence-corrected chi connectivity index (χ1v) is 13.4. The monoisotopic (exact) mass is 547 g/mol. The van der Waals surface area contributed by atoms with Crippen LogP contribution in [0.25, 0.3) is 33.1 Å². The van der Waals surface area contributed by atoms with Crippen LogP contribution in [0.4, 0.5) is 11.4 Å². The van der Waals surface area contributed by atoms with Gasteiger partial charge in [0.2, 0.25) is 16.7 Å². The first-order valence-electron chi connectivity index (χ1n) is 12.6. The molecule has 40 heavy (non-hydrogen) atoms. The molecule has 1 aliphatic rings. The number of carbonyl (C=O) groups excluding carboxylic acids is 2. The van der Waals surface area contributed by atoms with E-state index in [2.05, 4.69) is 15.4 Å². The molecule has 3 aromatic carbocycles. The number of hydrogen-bond donors (Lipinski definition) is 1. The molecule has 1 N–H and O–H groups in total. The third-order valence-electron chi connectivity index (χ3n) is 6.99. The van der Waals surface area contributed by atoms with Gasteiger partial charge >= 0.3 is 0 Å². The number of aromatic nitrogens is 3. The highest BCUT2D eigenvalue weighted by Crippen LogP contribution is 2.35. The maximum absolute atomic E-state index is 13.7. The number of carbonyl (C=O) groups is 2. The lowest BCUT2D eigenvalue weighted by atomic mass is 10.1. The Morgan fingerprint density at radius 3 is 2.50 bits per heavy atom. The normalized spacial score (nSPS) is 14.3. The van der Waals surface area contributed by atoms with Crippen molar-refractivity contribution in [1.29, 1.82) is 0 Å². The van der Waals surface area contributed by atoms with E-state index in [0.717, 1.165) is 27.8 Å². The molecule has 0 atom stereocenters. The van der Waals surface area contributed by atoms with Gasteiger partial charge in [-0.05, 0) is 38.1 Å². The van der Waals surface area contributed by atoms with Crippen LogP contribution in [0, 0.1) is 13.8 Å². The summed E-state index contributed by atoms with van der Waals surface area (Å²) in [6, 6.07) is 22.2. The molecule has 0 aliphatic carbocycles. The van der Waals surface area contributed by atoms with E-state index in [1.165, 1.54) is 9.42 Å². The van der Waals surface area contributed by atoms with Crippen molar-refractivity contribution in [2.45, 2.75) is 13.8 Å². The number of aryl methyl sites for hydroxylation is 2. The molecule has 0 radical (unpaired) electrons. The number of anilines is 2. The predicted molar refractivity (Wildman–Crippen MR) is 153 cm³/mol. The molecule has 1 aliphatic heterocycles. The van der Waals surface area contributed by atoms with Crippen molar-refractivity contribution in [3.63, 3.8) is 0 Å². The Kier molecular flexibility index (Phi) is 5.39. The maximum atomic E-state index is 13.7. The fourth-order valence-corrected chi connectivity index (χ4v) is 6.00. The second-order valence-corrected chi connectivity index (χ2v) is 10.6. The summed E-state index contributed by atoms with van der Waals surface area (Å²) in [7, 11) is 0. The van der Waals surface area contributed by atoms with E-state index in [1.54, 1.807) is 24.3 Å². The standard InChI is InChI=1S/C30H21N5O4S/c1-16-11-13-18(14-12-16)31-23(36)15-34-21-9-5-3-8-20(21)24(28(34)37)26-29(38)35-30(40-26)32-27(33-35)25-17(2)19-7-4-6-10-22(19)39-25/h3-14H,15H2,1-2H3,(H,31,36)/b26-24-. The number of rotatable bonds is 4. The molecule has 0 saturated heterocycles. The highest BCUT2D eigenvalue weighted by atomic mass is 32.1. The quantitative estimate of drug-likeness (QED) is 0.356. The number of benzene rings is 3. The fourth-order valence-electron chi connectivity index (χ4n) is 5.01. The first-order chi connectivity index (χ1) is 19.4. The topological polar surface area (TPSA) is 110 Å². The smallest absolute Gasteiger partial charge is 0.291 e. The largest absolute Gasteiger partial charge is 0.452 e. The van der Waals surface area contributed by atoms with Gasteiger partial charge in [0.1, 0.15) is 16.7 Å². The number of nitrogens with one attached hydrogen (secondary N) is 1. The third kappa shape index (κ3) is 3.72. The van der Waals surface area contributed by atoms with Crippen LogP contribution in [0.15, 0.2) is 82.0 Å². The Bertz CT molecular complexity index is 2110. The summed E-state index contributed by atoms with van der Waals surface area (Å²) in [5, 5.41) is 8.22. The Hall–Kier alpha value is -5.09. The molecule has 0 fully saturated rings. The minimum Gasteiger partial charge on any atom is -0.452 e. The minimum absolute atomic E-state index is 0.197. The summed E-state index contributed by atoms with van der Waals surface area (Å²) in [4.78, 5) is 46.4. The number of fused-ring (bicyclic) bond motifs is 3. The van der Waals surface area contributed by atoms with E-state index in [4.69, 9.17) is 4.42 Å². The van der Waals surface area contributed by atoms with Crippen LogP contribution < -0.4 is 20.3 Å². The van der Waals surface area contributed by atoms with Gasteiger partial charge in [-0.15, -0.1) is 5.10 Å². The Labute approximate surface area is 231 Å². The summed E-state index contributed by atoms with van der Waals surface area (Å²) in [6.07, 6.45) is 0. The van der Waals surface area contributed by atoms with E-state index < -0.39 is 11.5 Å². The van der Waals surface area contributed by atoms with Crippen LogP contribution in [0.5, 0.6) is 0 Å². The summed E-state index contributed by atoms with van der Waals surface area (Å²) < 4.78 is 7.41. The minimum atomic E-state index is -0.448. The van der Waals surface area contributed by atoms with E-state index >= 15 is 0 Å². The van der Waals surface area contributed by atoms with Gasteiger partial charge in [-0.25, -0.2) is 0 Å². The van der Waals surface area contributed by atoms with Gasteiger partial charge in [-0.1, -0.05) is 65.4 Å². The molecular formula is C30H21N5O4S. The second kappa shape index (κ2) is 8.99. The van der Waals surface area contributed by atoms with E-state index in [-0.39, 0.29) is 22.6 Å². The Morgan fingerprint density at radius 1 is 0.975 bits per heavy atom. The molecule has 9 nitrogen and oxygen atoms in total. The molecule has 0 unspecified atom stereocenters. The predicted octanol–water partition coefficient (Wildman–Crippen LogP) is 4.08. The van der Waals surface area contributed by atoms with Gasteiger partial charge in [0.25, 0.3) is 11.5 Å². The maximum Gasteiger partial charge on any atom is 0.291 e. The van der Waals surface area contributed by atoms with Crippen molar-refractivity contribution in [3.05, 3.63) is 104 Å². The molecule has 196 valence electrons. The Balaban J connectivity index is 1.28. The van der Waals surface area contributed by atoms with Crippen LogP contribution in [-0.4, -0.2) is 33.0 Å². The van der Waals surface area contributed by atoms with Crippen LogP contribution in [-0.2, 0) is 9.59 Å². The number of thiazole rings is 1. The second-order valence-electron chi connectivity index (χ2n) is 9.62. The van der Waals surface area contributed by atoms with Gasteiger partial charge in [0, 0.05) is 22.2 Å². The molecular weight excluding hydrogens is 526 g/mol. The van der Waals surface area contributed by atoms with E-state index in [0.29, 0.717) is 39.1 Å². The van der Waals surface area contributed by atoms with E-state index in [9.17, 15) is 14.4 Å². The average molecular weight is 548 g/mol. The van der Waals surface area contributed by atoms with Crippen LogP contribution in [0.1, 0.15) is 16.7 Å². The zero-order valence-corrected chi connectivity index (χ0v) is 22.3. The van der Waals surface area contributed by atoms with Gasteiger partial charge < -0.3 is 9.73 Å². The summed E-state index contributed by atoms with van der Waals surface area (Å²) in [5.74, 6) is 0.0409. The van der Waals surface area contributed by atoms with Gasteiger partial charge in [0.15, 0.2) is 5.76 Å². The summed E-state index contributed by atoms with van der Waals surface area (Å²) in [6.45, 7) is 3.69. The molecule has 6 aromatic rings. The number of furan rings is 1. The highest BCUT2D eigenvalue weighted by Gasteiger charge is 2.35. The highest BCUT2D eigenvalue weighted by molar-refractivity contribution is 7.15. The van der Waals surface area contributed by atoms with Crippen molar-refractivity contribution in [2.24, 2.45) is 0 Å². The summed E-state index contributed by atoms with van der Waals surface area (Å²) in [5.41, 5.74) is 4.26. The summed E-state index contributed by atoms with van der Waals surface area (Å²) >= 11 is 1.09. The third-order valence-corrected chi connectivity index (χ3v) is 8.02. The lowest BCUT2D eigenvalue weighted by molar-refractivity contribution is -0.118. The zero-order chi connectivity index (χ0) is 27.5. The van der Waals surface area contributed by atoms with Gasteiger partial charge in [0.05, 0.1) is 11.3 Å². The van der Waals surface area contributed by atoms with Gasteiger partial charge in [-0.2, -0.15) is 9.50 Å². The number of nitrogens with zero attached hydrogens (tertiary/aromatic N) is 4. The molecule has 4 heterocycles. The zero-order valence-electron chi connectivity index (χ0n) is 21.5. The van der Waals surface area contributed by atoms with E-state index in [1.807, 2.05) is 62.4 Å². The first kappa shape index (κ1) is 24.0. The van der Waals surface area contributed by atoms with Crippen LogP contribution in [0.3, 0.4) is 0 Å². The van der Waals surface area contributed by atoms with Crippen molar-refractivity contribution in [1.82, 2.24) is 14.6 Å². The molecule has 0 saturated carbocycles. The SMILES string of the molecule is Cc1ccc(NC(=O)CN2C(=O)/C(=c3\sc4nc(-c5oc6ccccc6c5C)nn4c3=O)c3ccccc32)cc1. The van der Waals surface area contributed by atoms with Gasteiger partial charge in [-0.3, -0.25) is 19.3 Å². The molecule has 0 spiro atoms. The van der Waals surface area contributed by atoms with Crippen molar-refractivity contribution >= 4 is 56.0 Å². The lowest BCUT2D eigenvalue weighted by Gasteiger charge is -2.16. The molecule has 2 amide bonds. The number of para-hydroxylation sites is 2. The van der Waals surface area contributed by atoms with Crippen LogP contribution in [0.2, 0.25) is 0 Å². The number of hydrogen-bond acceptors (Lipinski definition) is 7. The van der Waals surface area contributed by atoms with Crippen LogP contribution >= 0.6 is 11.3 Å². The average Bonchev–Trinajstić information content (AvgIpc) is 3.67. The van der Waals surface area contributed by atoms with Crippen molar-refractivity contribution in [3.8, 4) is 11.6 Å². The lowest BCUT2D eigenvalue weighted by Crippen LogP contribution is -2.37. The van der Waals surface area contributed by atoms with Crippen molar-refractivity contribution < 1.29 is 14.0 Å². The number of amides is 2. The molecule has 3 aromatic heterocycles.